The van der Waals surface area contributed by atoms with Crippen LogP contribution in [0.15, 0.2) is 18.2 Å². The fourth-order valence-corrected chi connectivity index (χ4v) is 1.80. The van der Waals surface area contributed by atoms with Crippen LogP contribution in [0.5, 0.6) is 5.75 Å². The quantitative estimate of drug-likeness (QED) is 0.836. The molecule has 1 rings (SSSR count). The van der Waals surface area contributed by atoms with Crippen molar-refractivity contribution in [1.82, 2.24) is 0 Å². The molecule has 0 saturated carbocycles. The summed E-state index contributed by atoms with van der Waals surface area (Å²) in [6.45, 7) is 5.57. The minimum absolute atomic E-state index is 0.664. The fourth-order valence-electron chi connectivity index (χ4n) is 1.80. The van der Waals surface area contributed by atoms with Gasteiger partial charge in [-0.05, 0) is 13.0 Å². The number of carboxylic acids is 1. The largest absolute Gasteiger partial charge is 0.496 e. The van der Waals surface area contributed by atoms with Gasteiger partial charge < -0.3 is 15.6 Å². The molecule has 0 aliphatic carbocycles. The van der Waals surface area contributed by atoms with E-state index in [1.807, 2.05) is 39.0 Å². The summed E-state index contributed by atoms with van der Waals surface area (Å²) in [5, 5.41) is 9.05. The first kappa shape index (κ1) is 13.5. The molecular formula is C13H19NO3. The molecule has 0 amide bonds. The van der Waals surface area contributed by atoms with E-state index in [1.165, 1.54) is 0 Å². The molecule has 0 bridgehead atoms. The Morgan fingerprint density at radius 3 is 2.53 bits per heavy atom. The zero-order chi connectivity index (χ0) is 13.2. The van der Waals surface area contributed by atoms with Gasteiger partial charge in [-0.25, -0.2) is 0 Å². The van der Waals surface area contributed by atoms with Crippen LogP contribution in [-0.4, -0.2) is 24.2 Å². The predicted octanol–water partition coefficient (Wildman–Crippen LogP) is 1.69. The standard InChI is InChI=1S/C13H19NO3/c1-8-5-6-10(17-4)9(7-8)13(2,3)11(14)12(15)16/h5-7,11H,14H2,1-4H3,(H,15,16). The van der Waals surface area contributed by atoms with E-state index in [-0.39, 0.29) is 0 Å². The van der Waals surface area contributed by atoms with E-state index in [9.17, 15) is 4.79 Å². The number of carboxylic acid groups (broad SMARTS) is 1. The molecule has 1 atom stereocenters. The average Bonchev–Trinajstić information content (AvgIpc) is 2.27. The maximum absolute atomic E-state index is 11.0. The van der Waals surface area contributed by atoms with Crippen LogP contribution in [0, 0.1) is 6.92 Å². The second kappa shape index (κ2) is 4.75. The van der Waals surface area contributed by atoms with Crippen LogP contribution in [0.2, 0.25) is 0 Å². The number of rotatable bonds is 4. The van der Waals surface area contributed by atoms with Crippen LogP contribution < -0.4 is 10.5 Å². The highest BCUT2D eigenvalue weighted by Crippen LogP contribution is 2.34. The molecule has 0 heterocycles. The Hall–Kier alpha value is -1.55. The average molecular weight is 237 g/mol. The molecule has 4 nitrogen and oxygen atoms in total. The maximum atomic E-state index is 11.0. The zero-order valence-electron chi connectivity index (χ0n) is 10.7. The summed E-state index contributed by atoms with van der Waals surface area (Å²) in [6, 6.07) is 4.70. The van der Waals surface area contributed by atoms with Crippen molar-refractivity contribution in [3.63, 3.8) is 0 Å². The Bertz CT molecular complexity index is 427. The van der Waals surface area contributed by atoms with Crippen molar-refractivity contribution in [2.75, 3.05) is 7.11 Å². The Labute approximate surface area is 101 Å². The van der Waals surface area contributed by atoms with Gasteiger partial charge in [0.15, 0.2) is 0 Å². The summed E-state index contributed by atoms with van der Waals surface area (Å²) >= 11 is 0. The monoisotopic (exact) mass is 237 g/mol. The van der Waals surface area contributed by atoms with Gasteiger partial charge in [0.1, 0.15) is 11.8 Å². The molecule has 0 fully saturated rings. The minimum atomic E-state index is -1.02. The Balaban J connectivity index is 3.30. The molecule has 0 saturated heterocycles. The molecule has 0 aliphatic heterocycles. The molecule has 1 aromatic carbocycles. The van der Waals surface area contributed by atoms with Crippen molar-refractivity contribution < 1.29 is 14.6 Å². The van der Waals surface area contributed by atoms with Crippen molar-refractivity contribution in [2.24, 2.45) is 5.73 Å². The molecule has 3 N–H and O–H groups in total. The van der Waals surface area contributed by atoms with Crippen LogP contribution in [0.4, 0.5) is 0 Å². The van der Waals surface area contributed by atoms with Crippen LogP contribution in [0.1, 0.15) is 25.0 Å². The van der Waals surface area contributed by atoms with E-state index in [0.29, 0.717) is 5.75 Å². The lowest BCUT2D eigenvalue weighted by Gasteiger charge is -2.30. The molecule has 0 aromatic heterocycles. The summed E-state index contributed by atoms with van der Waals surface area (Å²) < 4.78 is 5.27. The van der Waals surface area contributed by atoms with Gasteiger partial charge in [-0.3, -0.25) is 4.79 Å². The minimum Gasteiger partial charge on any atom is -0.496 e. The van der Waals surface area contributed by atoms with Gasteiger partial charge in [0.2, 0.25) is 0 Å². The third kappa shape index (κ3) is 2.58. The number of aliphatic carboxylic acids is 1. The number of benzene rings is 1. The zero-order valence-corrected chi connectivity index (χ0v) is 10.7. The van der Waals surface area contributed by atoms with E-state index in [0.717, 1.165) is 11.1 Å². The third-order valence-corrected chi connectivity index (χ3v) is 3.09. The molecule has 0 aliphatic rings. The number of ether oxygens (including phenoxy) is 1. The second-order valence-corrected chi connectivity index (χ2v) is 4.74. The van der Waals surface area contributed by atoms with Gasteiger partial charge in [0, 0.05) is 11.0 Å². The highest BCUT2D eigenvalue weighted by molar-refractivity contribution is 5.76. The van der Waals surface area contributed by atoms with Crippen molar-refractivity contribution in [3.05, 3.63) is 29.3 Å². The van der Waals surface area contributed by atoms with E-state index >= 15 is 0 Å². The fraction of sp³-hybridized carbons (Fsp3) is 0.462. The van der Waals surface area contributed by atoms with E-state index in [4.69, 9.17) is 15.6 Å². The van der Waals surface area contributed by atoms with E-state index in [1.54, 1.807) is 7.11 Å². The maximum Gasteiger partial charge on any atom is 0.321 e. The van der Waals surface area contributed by atoms with Gasteiger partial charge in [0.25, 0.3) is 0 Å². The number of hydrogen-bond acceptors (Lipinski definition) is 3. The smallest absolute Gasteiger partial charge is 0.321 e. The summed E-state index contributed by atoms with van der Waals surface area (Å²) in [5.74, 6) is -0.351. The first-order valence-electron chi connectivity index (χ1n) is 5.44. The summed E-state index contributed by atoms with van der Waals surface area (Å²) in [4.78, 5) is 11.0. The highest BCUT2D eigenvalue weighted by Gasteiger charge is 2.35. The molecule has 1 aromatic rings. The van der Waals surface area contributed by atoms with Crippen molar-refractivity contribution >= 4 is 5.97 Å². The van der Waals surface area contributed by atoms with Gasteiger partial charge in [-0.1, -0.05) is 31.5 Å². The SMILES string of the molecule is COc1ccc(C)cc1C(C)(C)C(N)C(=O)O. The molecule has 94 valence electrons. The molecule has 4 heteroatoms. The Morgan fingerprint density at radius 2 is 2.06 bits per heavy atom. The topological polar surface area (TPSA) is 72.5 Å². The second-order valence-electron chi connectivity index (χ2n) is 4.74. The Morgan fingerprint density at radius 1 is 1.47 bits per heavy atom. The lowest BCUT2D eigenvalue weighted by Crippen LogP contribution is -2.47. The predicted molar refractivity (Wildman–Crippen MR) is 66.4 cm³/mol. The van der Waals surface area contributed by atoms with Crippen LogP contribution in [-0.2, 0) is 10.2 Å². The lowest BCUT2D eigenvalue weighted by molar-refractivity contribution is -0.140. The van der Waals surface area contributed by atoms with Crippen LogP contribution in [0.25, 0.3) is 0 Å². The molecule has 0 spiro atoms. The third-order valence-electron chi connectivity index (χ3n) is 3.09. The number of carbonyl (C=O) groups is 1. The van der Waals surface area contributed by atoms with Crippen LogP contribution in [0.3, 0.4) is 0 Å². The molecule has 17 heavy (non-hydrogen) atoms. The summed E-state index contributed by atoms with van der Waals surface area (Å²) in [7, 11) is 1.57. The lowest BCUT2D eigenvalue weighted by atomic mass is 9.77. The normalized spacial score (nSPS) is 13.2. The Kier molecular flexibility index (Phi) is 3.78. The summed E-state index contributed by atoms with van der Waals surface area (Å²) in [6.07, 6.45) is 0. The summed E-state index contributed by atoms with van der Waals surface area (Å²) in [5.41, 5.74) is 6.92. The van der Waals surface area contributed by atoms with Gasteiger partial charge in [0.05, 0.1) is 7.11 Å². The van der Waals surface area contributed by atoms with Gasteiger partial charge in [-0.2, -0.15) is 0 Å². The number of nitrogens with two attached hydrogens (primary N) is 1. The number of hydrogen-bond donors (Lipinski definition) is 2. The van der Waals surface area contributed by atoms with E-state index < -0.39 is 17.4 Å². The highest BCUT2D eigenvalue weighted by atomic mass is 16.5. The first-order chi connectivity index (χ1) is 7.80. The molecule has 1 unspecified atom stereocenters. The molecular weight excluding hydrogens is 218 g/mol. The van der Waals surface area contributed by atoms with Gasteiger partial charge >= 0.3 is 5.97 Å². The van der Waals surface area contributed by atoms with Crippen molar-refractivity contribution in [1.29, 1.82) is 0 Å². The first-order valence-corrected chi connectivity index (χ1v) is 5.44. The molecule has 0 radical (unpaired) electrons. The number of methoxy groups -OCH3 is 1. The van der Waals surface area contributed by atoms with Crippen molar-refractivity contribution in [3.8, 4) is 5.75 Å². The van der Waals surface area contributed by atoms with E-state index in [2.05, 4.69) is 0 Å². The van der Waals surface area contributed by atoms with Gasteiger partial charge in [-0.15, -0.1) is 0 Å². The number of aryl methyl sites for hydroxylation is 1. The van der Waals surface area contributed by atoms with Crippen LogP contribution >= 0.6 is 0 Å². The van der Waals surface area contributed by atoms with Crippen molar-refractivity contribution in [2.45, 2.75) is 32.2 Å².